The van der Waals surface area contributed by atoms with Gasteiger partial charge in [0.1, 0.15) is 0 Å². The van der Waals surface area contributed by atoms with Crippen LogP contribution in [-0.4, -0.2) is 17.9 Å². The molecule has 1 fully saturated rings. The number of ketones is 1. The molecule has 0 bridgehead atoms. The molecule has 1 aliphatic rings. The molecular weight excluding hydrogens is 292 g/mol. The molecule has 1 aliphatic carbocycles. The minimum atomic E-state index is -0.321. The zero-order chi connectivity index (χ0) is 15.1. The van der Waals surface area contributed by atoms with Gasteiger partial charge in [-0.25, -0.2) is 0 Å². The number of benzene rings is 1. The van der Waals surface area contributed by atoms with E-state index >= 15 is 0 Å². The fourth-order valence-corrected chi connectivity index (χ4v) is 2.73. The second-order valence-electron chi connectivity index (χ2n) is 5.60. The minimum absolute atomic E-state index is 0.0642. The van der Waals surface area contributed by atoms with E-state index in [1.54, 1.807) is 32.0 Å². The number of carbonyl (C=O) groups excluding carboxylic acids is 2. The predicted molar refractivity (Wildman–Crippen MR) is 78.4 cm³/mol. The quantitative estimate of drug-likeness (QED) is 0.636. The largest absolute Gasteiger partial charge is 0.463 e. The second-order valence-corrected chi connectivity index (χ2v) is 6.00. The van der Waals surface area contributed by atoms with E-state index in [4.69, 9.17) is 20.8 Å². The third-order valence-electron chi connectivity index (χ3n) is 3.57. The molecule has 1 aromatic carbocycles. The van der Waals surface area contributed by atoms with Gasteiger partial charge >= 0.3 is 5.97 Å². The summed E-state index contributed by atoms with van der Waals surface area (Å²) in [6.07, 6.45) is 1.92. The number of furan rings is 1. The van der Waals surface area contributed by atoms with Crippen molar-refractivity contribution in [2.24, 2.45) is 11.8 Å². The molecule has 1 saturated carbocycles. The fourth-order valence-electron chi connectivity index (χ4n) is 2.46. The number of carbonyl (C=O) groups is 2. The SMILES string of the molecule is CC(C)OC(=O)C1C[C@@H]1C(=O)c1cc(Cl)c2occc2c1. The zero-order valence-electron chi connectivity index (χ0n) is 11.8. The first-order valence-electron chi connectivity index (χ1n) is 6.89. The summed E-state index contributed by atoms with van der Waals surface area (Å²) in [7, 11) is 0. The lowest BCUT2D eigenvalue weighted by Crippen LogP contribution is -2.16. The summed E-state index contributed by atoms with van der Waals surface area (Å²) in [4.78, 5) is 24.2. The Hall–Kier alpha value is -1.81. The predicted octanol–water partition coefficient (Wildman–Crippen LogP) is 3.86. The number of ether oxygens (including phenoxy) is 1. The minimum Gasteiger partial charge on any atom is -0.463 e. The standard InChI is InChI=1S/C16H15ClO4/c1-8(2)21-16(19)12-7-11(12)14(18)10-5-9-3-4-20-15(9)13(17)6-10/h3-6,8,11-12H,7H2,1-2H3/t11-,12?/m0/s1. The third kappa shape index (κ3) is 2.68. The molecule has 21 heavy (non-hydrogen) atoms. The molecule has 0 saturated heterocycles. The van der Waals surface area contributed by atoms with E-state index in [0.717, 1.165) is 5.39 Å². The van der Waals surface area contributed by atoms with Crippen molar-refractivity contribution in [2.45, 2.75) is 26.4 Å². The van der Waals surface area contributed by atoms with Crippen molar-refractivity contribution < 1.29 is 18.7 Å². The molecule has 0 amide bonds. The molecular formula is C16H15ClO4. The Morgan fingerprint density at radius 1 is 1.33 bits per heavy atom. The number of hydrogen-bond donors (Lipinski definition) is 0. The van der Waals surface area contributed by atoms with Gasteiger partial charge in [-0.2, -0.15) is 0 Å². The van der Waals surface area contributed by atoms with Gasteiger partial charge in [-0.15, -0.1) is 0 Å². The van der Waals surface area contributed by atoms with Crippen LogP contribution in [0.15, 0.2) is 28.9 Å². The Morgan fingerprint density at radius 3 is 2.81 bits per heavy atom. The van der Waals surface area contributed by atoms with Crippen LogP contribution in [0.1, 0.15) is 30.6 Å². The highest BCUT2D eigenvalue weighted by atomic mass is 35.5. The first-order chi connectivity index (χ1) is 9.97. The number of hydrogen-bond acceptors (Lipinski definition) is 4. The van der Waals surface area contributed by atoms with Crippen LogP contribution in [-0.2, 0) is 9.53 Å². The van der Waals surface area contributed by atoms with Crippen molar-refractivity contribution in [1.82, 2.24) is 0 Å². The van der Waals surface area contributed by atoms with Gasteiger partial charge in [0, 0.05) is 16.9 Å². The summed E-state index contributed by atoms with van der Waals surface area (Å²) in [5, 5.41) is 1.19. The summed E-state index contributed by atoms with van der Waals surface area (Å²) >= 11 is 6.10. The van der Waals surface area contributed by atoms with Gasteiger partial charge in [-0.3, -0.25) is 9.59 Å². The monoisotopic (exact) mass is 306 g/mol. The summed E-state index contributed by atoms with van der Waals surface area (Å²) in [6, 6.07) is 5.10. The molecule has 1 unspecified atom stereocenters. The lowest BCUT2D eigenvalue weighted by atomic mass is 10.0. The van der Waals surface area contributed by atoms with Crippen LogP contribution in [0.25, 0.3) is 11.0 Å². The van der Waals surface area contributed by atoms with Crippen LogP contribution in [0, 0.1) is 11.8 Å². The van der Waals surface area contributed by atoms with Crippen molar-refractivity contribution >= 4 is 34.3 Å². The Morgan fingerprint density at radius 2 is 2.10 bits per heavy atom. The summed E-state index contributed by atoms with van der Waals surface area (Å²) in [5.41, 5.74) is 1.08. The van der Waals surface area contributed by atoms with Gasteiger partial charge in [0.05, 0.1) is 23.3 Å². The smallest absolute Gasteiger partial charge is 0.309 e. The number of halogens is 1. The highest BCUT2D eigenvalue weighted by molar-refractivity contribution is 6.35. The number of fused-ring (bicyclic) bond motifs is 1. The normalized spacial score (nSPS) is 20.8. The zero-order valence-corrected chi connectivity index (χ0v) is 12.5. The lowest BCUT2D eigenvalue weighted by molar-refractivity contribution is -0.149. The van der Waals surface area contributed by atoms with E-state index in [1.165, 1.54) is 6.26 Å². The number of Topliss-reactive ketones (excluding diaryl/α,β-unsaturated/α-hetero) is 1. The van der Waals surface area contributed by atoms with Gasteiger partial charge < -0.3 is 9.15 Å². The van der Waals surface area contributed by atoms with Crippen LogP contribution in [0.2, 0.25) is 5.02 Å². The first kappa shape index (κ1) is 14.1. The lowest BCUT2D eigenvalue weighted by Gasteiger charge is -2.07. The molecule has 110 valence electrons. The van der Waals surface area contributed by atoms with Crippen molar-refractivity contribution in [2.75, 3.05) is 0 Å². The molecule has 0 N–H and O–H groups in total. The maximum Gasteiger partial charge on any atom is 0.309 e. The highest BCUT2D eigenvalue weighted by Gasteiger charge is 2.49. The maximum absolute atomic E-state index is 12.4. The Labute approximate surface area is 127 Å². The average Bonchev–Trinajstić information content (AvgIpc) is 3.07. The van der Waals surface area contributed by atoms with Gasteiger partial charge in [0.25, 0.3) is 0 Å². The van der Waals surface area contributed by atoms with Gasteiger partial charge in [-0.05, 0) is 38.5 Å². The van der Waals surface area contributed by atoms with E-state index < -0.39 is 0 Å². The summed E-state index contributed by atoms with van der Waals surface area (Å²) in [6.45, 7) is 3.59. The molecule has 1 heterocycles. The van der Waals surface area contributed by atoms with Crippen molar-refractivity contribution in [1.29, 1.82) is 0 Å². The highest BCUT2D eigenvalue weighted by Crippen LogP contribution is 2.43. The van der Waals surface area contributed by atoms with Crippen LogP contribution in [0.4, 0.5) is 0 Å². The summed E-state index contributed by atoms with van der Waals surface area (Å²) < 4.78 is 10.4. The second kappa shape index (κ2) is 5.19. The molecule has 0 aliphatic heterocycles. The Balaban J connectivity index is 1.78. The van der Waals surface area contributed by atoms with E-state index in [0.29, 0.717) is 22.6 Å². The molecule has 0 radical (unpaired) electrons. The molecule has 3 rings (SSSR count). The van der Waals surface area contributed by atoms with Crippen LogP contribution >= 0.6 is 11.6 Å². The topological polar surface area (TPSA) is 56.5 Å². The number of rotatable bonds is 4. The fraction of sp³-hybridized carbons (Fsp3) is 0.375. The molecule has 2 atom stereocenters. The van der Waals surface area contributed by atoms with Gasteiger partial charge in [0.2, 0.25) is 0 Å². The van der Waals surface area contributed by atoms with Crippen LogP contribution in [0.5, 0.6) is 0 Å². The maximum atomic E-state index is 12.4. The third-order valence-corrected chi connectivity index (χ3v) is 3.85. The molecule has 4 nitrogen and oxygen atoms in total. The number of esters is 1. The first-order valence-corrected chi connectivity index (χ1v) is 7.26. The van der Waals surface area contributed by atoms with Crippen molar-refractivity contribution in [3.8, 4) is 0 Å². The Kier molecular flexibility index (Phi) is 3.49. The summed E-state index contributed by atoms with van der Waals surface area (Å²) in [5.74, 6) is -0.972. The van der Waals surface area contributed by atoms with Crippen LogP contribution in [0.3, 0.4) is 0 Å². The molecule has 2 aromatic rings. The van der Waals surface area contributed by atoms with Gasteiger partial charge in [-0.1, -0.05) is 11.6 Å². The van der Waals surface area contributed by atoms with E-state index in [2.05, 4.69) is 0 Å². The van der Waals surface area contributed by atoms with E-state index in [1.807, 2.05) is 0 Å². The molecule has 0 spiro atoms. The Bertz CT molecular complexity index is 716. The van der Waals surface area contributed by atoms with Crippen LogP contribution < -0.4 is 0 Å². The average molecular weight is 307 g/mol. The van der Waals surface area contributed by atoms with E-state index in [-0.39, 0.29) is 29.7 Å². The van der Waals surface area contributed by atoms with Crippen molar-refractivity contribution in [3.63, 3.8) is 0 Å². The molecule has 5 heteroatoms. The van der Waals surface area contributed by atoms with Crippen molar-refractivity contribution in [3.05, 3.63) is 35.0 Å². The molecule has 1 aromatic heterocycles. The van der Waals surface area contributed by atoms with Gasteiger partial charge in [0.15, 0.2) is 11.4 Å². The van der Waals surface area contributed by atoms with E-state index in [9.17, 15) is 9.59 Å².